The average molecular weight is 218 g/mol. The minimum Gasteiger partial charge on any atom is -0.398 e. The van der Waals surface area contributed by atoms with E-state index < -0.39 is 0 Å². The van der Waals surface area contributed by atoms with Gasteiger partial charge < -0.3 is 10.6 Å². The Morgan fingerprint density at radius 1 is 1.19 bits per heavy atom. The fourth-order valence-corrected chi connectivity index (χ4v) is 2.11. The summed E-state index contributed by atoms with van der Waals surface area (Å²) in [5, 5.41) is 0. The van der Waals surface area contributed by atoms with Crippen molar-refractivity contribution in [3.8, 4) is 0 Å². The fourth-order valence-electron chi connectivity index (χ4n) is 2.11. The van der Waals surface area contributed by atoms with E-state index in [9.17, 15) is 4.79 Å². The van der Waals surface area contributed by atoms with Crippen molar-refractivity contribution in [3.05, 3.63) is 29.8 Å². The predicted molar refractivity (Wildman–Crippen MR) is 65.0 cm³/mol. The number of hydrogen-bond acceptors (Lipinski definition) is 2. The van der Waals surface area contributed by atoms with Crippen LogP contribution in [0, 0.1) is 0 Å². The third-order valence-corrected chi connectivity index (χ3v) is 3.11. The van der Waals surface area contributed by atoms with Crippen molar-refractivity contribution in [2.45, 2.75) is 25.7 Å². The number of piperidine rings is 1. The number of likely N-dealkylation sites (tertiary alicyclic amines) is 1. The highest BCUT2D eigenvalue weighted by atomic mass is 16.2. The van der Waals surface area contributed by atoms with Crippen molar-refractivity contribution in [2.24, 2.45) is 0 Å². The number of anilines is 1. The van der Waals surface area contributed by atoms with Gasteiger partial charge in [0, 0.05) is 18.8 Å². The molecular weight excluding hydrogens is 200 g/mol. The quantitative estimate of drug-likeness (QED) is 0.770. The molecule has 0 unspecified atom stereocenters. The molecule has 1 aromatic carbocycles. The molecule has 0 bridgehead atoms. The lowest BCUT2D eigenvalue weighted by molar-refractivity contribution is -0.131. The van der Waals surface area contributed by atoms with Crippen molar-refractivity contribution in [2.75, 3.05) is 18.8 Å². The third-order valence-electron chi connectivity index (χ3n) is 3.11. The third kappa shape index (κ3) is 2.54. The van der Waals surface area contributed by atoms with E-state index in [1.807, 2.05) is 29.2 Å². The Kier molecular flexibility index (Phi) is 3.44. The molecule has 3 nitrogen and oxygen atoms in total. The highest BCUT2D eigenvalue weighted by Gasteiger charge is 2.17. The van der Waals surface area contributed by atoms with Gasteiger partial charge in [0.2, 0.25) is 5.91 Å². The minimum absolute atomic E-state index is 0.206. The summed E-state index contributed by atoms with van der Waals surface area (Å²) in [5.74, 6) is 0.206. The lowest BCUT2D eigenvalue weighted by Gasteiger charge is -2.26. The van der Waals surface area contributed by atoms with Crippen LogP contribution in [0.4, 0.5) is 5.69 Å². The Balaban J connectivity index is 1.99. The van der Waals surface area contributed by atoms with Gasteiger partial charge in [0.25, 0.3) is 0 Å². The van der Waals surface area contributed by atoms with Gasteiger partial charge in [-0.25, -0.2) is 0 Å². The summed E-state index contributed by atoms with van der Waals surface area (Å²) in [6.07, 6.45) is 3.95. The van der Waals surface area contributed by atoms with Crippen molar-refractivity contribution in [1.29, 1.82) is 0 Å². The van der Waals surface area contributed by atoms with Crippen LogP contribution < -0.4 is 5.73 Å². The van der Waals surface area contributed by atoms with Gasteiger partial charge in [0.05, 0.1) is 6.42 Å². The number of rotatable bonds is 2. The monoisotopic (exact) mass is 218 g/mol. The Morgan fingerprint density at radius 3 is 2.56 bits per heavy atom. The van der Waals surface area contributed by atoms with Gasteiger partial charge >= 0.3 is 0 Å². The largest absolute Gasteiger partial charge is 0.398 e. The number of nitrogens with zero attached hydrogens (tertiary/aromatic N) is 1. The Hall–Kier alpha value is -1.51. The molecule has 2 rings (SSSR count). The molecule has 0 radical (unpaired) electrons. The SMILES string of the molecule is Nc1ccccc1CC(=O)N1CCCCC1. The molecule has 1 amide bonds. The second kappa shape index (κ2) is 5.01. The standard InChI is InChI=1S/C13H18N2O/c14-12-7-3-2-6-11(12)10-13(16)15-8-4-1-5-9-15/h2-3,6-7H,1,4-5,8-10,14H2. The van der Waals surface area contributed by atoms with Crippen LogP contribution in [0.5, 0.6) is 0 Å². The van der Waals surface area contributed by atoms with E-state index >= 15 is 0 Å². The predicted octanol–water partition coefficient (Wildman–Crippen LogP) is 1.82. The molecule has 1 aliphatic rings. The van der Waals surface area contributed by atoms with Crippen LogP contribution in [0.15, 0.2) is 24.3 Å². The van der Waals surface area contributed by atoms with Crippen LogP contribution in [0.2, 0.25) is 0 Å². The van der Waals surface area contributed by atoms with Gasteiger partial charge in [-0.05, 0) is 30.9 Å². The van der Waals surface area contributed by atoms with Crippen LogP contribution in [-0.4, -0.2) is 23.9 Å². The molecule has 1 heterocycles. The molecule has 0 aliphatic carbocycles. The van der Waals surface area contributed by atoms with E-state index in [2.05, 4.69) is 0 Å². The first kappa shape index (κ1) is 11.0. The van der Waals surface area contributed by atoms with Crippen LogP contribution in [0.1, 0.15) is 24.8 Å². The smallest absolute Gasteiger partial charge is 0.227 e. The van der Waals surface area contributed by atoms with Gasteiger partial charge in [-0.3, -0.25) is 4.79 Å². The van der Waals surface area contributed by atoms with E-state index in [1.54, 1.807) is 0 Å². The van der Waals surface area contributed by atoms with E-state index in [0.29, 0.717) is 12.1 Å². The van der Waals surface area contributed by atoms with Crippen molar-refractivity contribution in [1.82, 2.24) is 4.90 Å². The van der Waals surface area contributed by atoms with Gasteiger partial charge in [-0.2, -0.15) is 0 Å². The Morgan fingerprint density at radius 2 is 1.88 bits per heavy atom. The van der Waals surface area contributed by atoms with Crippen LogP contribution in [0.3, 0.4) is 0 Å². The van der Waals surface area contributed by atoms with E-state index in [1.165, 1.54) is 6.42 Å². The van der Waals surface area contributed by atoms with E-state index in [4.69, 9.17) is 5.73 Å². The molecule has 2 N–H and O–H groups in total. The molecule has 1 aromatic rings. The lowest BCUT2D eigenvalue weighted by Crippen LogP contribution is -2.36. The first-order chi connectivity index (χ1) is 7.77. The van der Waals surface area contributed by atoms with Crippen LogP contribution in [-0.2, 0) is 11.2 Å². The maximum atomic E-state index is 12.0. The zero-order chi connectivity index (χ0) is 11.4. The summed E-state index contributed by atoms with van der Waals surface area (Å²) in [5.41, 5.74) is 7.49. The minimum atomic E-state index is 0.206. The molecule has 86 valence electrons. The summed E-state index contributed by atoms with van der Waals surface area (Å²) in [6, 6.07) is 7.59. The number of carbonyl (C=O) groups is 1. The molecule has 0 aromatic heterocycles. The second-order valence-corrected chi connectivity index (χ2v) is 4.32. The normalized spacial score (nSPS) is 16.1. The first-order valence-corrected chi connectivity index (χ1v) is 5.88. The van der Waals surface area contributed by atoms with E-state index in [0.717, 1.165) is 31.5 Å². The van der Waals surface area contributed by atoms with Crippen molar-refractivity contribution >= 4 is 11.6 Å². The number of nitrogen functional groups attached to an aromatic ring is 1. The number of para-hydroxylation sites is 1. The second-order valence-electron chi connectivity index (χ2n) is 4.32. The van der Waals surface area contributed by atoms with Gasteiger partial charge in [0.1, 0.15) is 0 Å². The molecule has 0 saturated carbocycles. The zero-order valence-electron chi connectivity index (χ0n) is 9.48. The van der Waals surface area contributed by atoms with Gasteiger partial charge in [-0.1, -0.05) is 18.2 Å². The Bertz CT molecular complexity index is 370. The maximum absolute atomic E-state index is 12.0. The van der Waals surface area contributed by atoms with E-state index in [-0.39, 0.29) is 5.91 Å². The molecule has 1 saturated heterocycles. The summed E-state index contributed by atoms with van der Waals surface area (Å²) in [7, 11) is 0. The van der Waals surface area contributed by atoms with Crippen LogP contribution in [0.25, 0.3) is 0 Å². The topological polar surface area (TPSA) is 46.3 Å². The fraction of sp³-hybridized carbons (Fsp3) is 0.462. The first-order valence-electron chi connectivity index (χ1n) is 5.88. The number of hydrogen-bond donors (Lipinski definition) is 1. The summed E-state index contributed by atoms with van der Waals surface area (Å²) in [6.45, 7) is 1.82. The molecule has 1 aliphatic heterocycles. The molecule has 1 fully saturated rings. The summed E-state index contributed by atoms with van der Waals surface area (Å²) < 4.78 is 0. The summed E-state index contributed by atoms with van der Waals surface area (Å²) >= 11 is 0. The van der Waals surface area contributed by atoms with Gasteiger partial charge in [-0.15, -0.1) is 0 Å². The maximum Gasteiger partial charge on any atom is 0.227 e. The molecule has 0 spiro atoms. The number of benzene rings is 1. The molecule has 16 heavy (non-hydrogen) atoms. The Labute approximate surface area is 96.2 Å². The number of carbonyl (C=O) groups excluding carboxylic acids is 1. The van der Waals surface area contributed by atoms with Crippen molar-refractivity contribution < 1.29 is 4.79 Å². The number of nitrogens with two attached hydrogens (primary N) is 1. The highest BCUT2D eigenvalue weighted by Crippen LogP contribution is 2.15. The molecular formula is C13H18N2O. The van der Waals surface area contributed by atoms with Crippen molar-refractivity contribution in [3.63, 3.8) is 0 Å². The van der Waals surface area contributed by atoms with Crippen LogP contribution >= 0.6 is 0 Å². The molecule has 3 heteroatoms. The average Bonchev–Trinajstić information content (AvgIpc) is 2.33. The van der Waals surface area contributed by atoms with Gasteiger partial charge in [0.15, 0.2) is 0 Å². The lowest BCUT2D eigenvalue weighted by atomic mass is 10.1. The highest BCUT2D eigenvalue weighted by molar-refractivity contribution is 5.80. The molecule has 0 atom stereocenters. The number of amides is 1. The zero-order valence-corrected chi connectivity index (χ0v) is 9.48. The summed E-state index contributed by atoms with van der Waals surface area (Å²) in [4.78, 5) is 13.9.